The average molecular weight is 355 g/mol. The van der Waals surface area contributed by atoms with Crippen LogP contribution in [0.15, 0.2) is 48.5 Å². The number of piperazine rings is 1. The van der Waals surface area contributed by atoms with Gasteiger partial charge in [-0.2, -0.15) is 0 Å². The number of nitrogens with one attached hydrogen (secondary N) is 1. The van der Waals surface area contributed by atoms with E-state index in [-0.39, 0.29) is 24.1 Å². The van der Waals surface area contributed by atoms with Gasteiger partial charge in [-0.3, -0.25) is 14.5 Å². The number of benzene rings is 2. The molecular formula is C20H22FN3O2. The topological polar surface area (TPSA) is 52.7 Å². The van der Waals surface area contributed by atoms with Crippen LogP contribution in [0.3, 0.4) is 0 Å². The van der Waals surface area contributed by atoms with E-state index >= 15 is 0 Å². The fraction of sp³-hybridized carbons (Fsp3) is 0.300. The summed E-state index contributed by atoms with van der Waals surface area (Å²) in [7, 11) is 0. The number of rotatable bonds is 5. The molecule has 0 unspecified atom stereocenters. The van der Waals surface area contributed by atoms with Crippen molar-refractivity contribution in [2.45, 2.75) is 6.92 Å². The predicted octanol–water partition coefficient (Wildman–Crippen LogP) is 2.79. The lowest BCUT2D eigenvalue weighted by molar-refractivity contribution is -0.117. The summed E-state index contributed by atoms with van der Waals surface area (Å²) in [5.74, 6) is -0.376. The summed E-state index contributed by atoms with van der Waals surface area (Å²) in [6, 6.07) is 13.7. The lowest BCUT2D eigenvalue weighted by atomic mass is 10.1. The molecule has 2 aromatic rings. The van der Waals surface area contributed by atoms with Gasteiger partial charge in [-0.1, -0.05) is 24.3 Å². The molecule has 1 aliphatic heterocycles. The number of hydrogen-bond donors (Lipinski definition) is 1. The van der Waals surface area contributed by atoms with Crippen molar-refractivity contribution in [1.29, 1.82) is 0 Å². The Morgan fingerprint density at radius 2 is 1.77 bits per heavy atom. The zero-order valence-corrected chi connectivity index (χ0v) is 14.7. The van der Waals surface area contributed by atoms with Crippen molar-refractivity contribution in [1.82, 2.24) is 4.90 Å². The molecule has 1 saturated heterocycles. The van der Waals surface area contributed by atoms with E-state index < -0.39 is 0 Å². The molecule has 136 valence electrons. The SMILES string of the molecule is CC(=O)c1cccc(NC(=O)CN2CCN(c3ccccc3F)CC2)c1. The van der Waals surface area contributed by atoms with Gasteiger partial charge in [0.2, 0.25) is 5.91 Å². The van der Waals surface area contributed by atoms with Gasteiger partial charge in [-0.25, -0.2) is 4.39 Å². The second kappa shape index (κ2) is 8.10. The second-order valence-electron chi connectivity index (χ2n) is 6.40. The Morgan fingerprint density at radius 1 is 1.04 bits per heavy atom. The molecular weight excluding hydrogens is 333 g/mol. The van der Waals surface area contributed by atoms with Gasteiger partial charge in [0.05, 0.1) is 12.2 Å². The Bertz CT molecular complexity index is 801. The normalized spacial score (nSPS) is 14.9. The zero-order chi connectivity index (χ0) is 18.5. The maximum Gasteiger partial charge on any atom is 0.238 e. The first-order valence-corrected chi connectivity index (χ1v) is 8.65. The molecule has 0 saturated carbocycles. The van der Waals surface area contributed by atoms with E-state index in [1.807, 2.05) is 15.9 Å². The van der Waals surface area contributed by atoms with Crippen LogP contribution in [0.25, 0.3) is 0 Å². The van der Waals surface area contributed by atoms with Crippen molar-refractivity contribution in [2.75, 3.05) is 42.9 Å². The van der Waals surface area contributed by atoms with Crippen molar-refractivity contribution < 1.29 is 14.0 Å². The number of carbonyl (C=O) groups is 2. The minimum Gasteiger partial charge on any atom is -0.367 e. The first kappa shape index (κ1) is 18.1. The molecule has 1 heterocycles. The largest absolute Gasteiger partial charge is 0.367 e. The Balaban J connectivity index is 1.51. The van der Waals surface area contributed by atoms with Gasteiger partial charge in [0.1, 0.15) is 5.82 Å². The van der Waals surface area contributed by atoms with Crippen LogP contribution in [0.4, 0.5) is 15.8 Å². The van der Waals surface area contributed by atoms with Gasteiger partial charge >= 0.3 is 0 Å². The third kappa shape index (κ3) is 4.46. The highest BCUT2D eigenvalue weighted by Crippen LogP contribution is 2.20. The van der Waals surface area contributed by atoms with Crippen LogP contribution in [-0.2, 0) is 4.79 Å². The molecule has 0 bridgehead atoms. The van der Waals surface area contributed by atoms with Gasteiger partial charge in [-0.05, 0) is 31.2 Å². The molecule has 2 aromatic carbocycles. The zero-order valence-electron chi connectivity index (χ0n) is 14.7. The van der Waals surface area contributed by atoms with E-state index in [1.54, 1.807) is 36.4 Å². The number of halogens is 1. The van der Waals surface area contributed by atoms with Gasteiger partial charge < -0.3 is 10.2 Å². The standard InChI is InChI=1S/C20H22FN3O2/c1-15(25)16-5-4-6-17(13-16)22-20(26)14-23-9-11-24(12-10-23)19-8-3-2-7-18(19)21/h2-8,13H,9-12,14H2,1H3,(H,22,26). The smallest absolute Gasteiger partial charge is 0.238 e. The number of carbonyl (C=O) groups excluding carboxylic acids is 2. The fourth-order valence-corrected chi connectivity index (χ4v) is 3.07. The molecule has 1 fully saturated rings. The van der Waals surface area contributed by atoms with Crippen molar-refractivity contribution in [3.63, 3.8) is 0 Å². The summed E-state index contributed by atoms with van der Waals surface area (Å²) in [5.41, 5.74) is 1.80. The third-order valence-electron chi connectivity index (χ3n) is 4.49. The van der Waals surface area contributed by atoms with E-state index in [9.17, 15) is 14.0 Å². The summed E-state index contributed by atoms with van der Waals surface area (Å²) in [5, 5.41) is 2.83. The van der Waals surface area contributed by atoms with Crippen molar-refractivity contribution in [3.05, 3.63) is 59.9 Å². The maximum absolute atomic E-state index is 13.9. The minimum atomic E-state index is -0.218. The van der Waals surface area contributed by atoms with Crippen LogP contribution < -0.4 is 10.2 Å². The number of Topliss-reactive ketones (excluding diaryl/α,β-unsaturated/α-hetero) is 1. The summed E-state index contributed by atoms with van der Waals surface area (Å²) in [4.78, 5) is 27.7. The van der Waals surface area contributed by atoms with E-state index in [0.29, 0.717) is 43.1 Å². The number of nitrogens with zero attached hydrogens (tertiary/aromatic N) is 2. The molecule has 0 spiro atoms. The Kier molecular flexibility index (Phi) is 5.63. The van der Waals surface area contributed by atoms with E-state index in [4.69, 9.17) is 0 Å². The van der Waals surface area contributed by atoms with Gasteiger partial charge in [0, 0.05) is 37.4 Å². The highest BCUT2D eigenvalue weighted by atomic mass is 19.1. The first-order valence-electron chi connectivity index (χ1n) is 8.65. The third-order valence-corrected chi connectivity index (χ3v) is 4.49. The van der Waals surface area contributed by atoms with Crippen LogP contribution in [0.2, 0.25) is 0 Å². The summed E-state index contributed by atoms with van der Waals surface area (Å²) < 4.78 is 13.9. The quantitative estimate of drug-likeness (QED) is 0.838. The van der Waals surface area contributed by atoms with E-state index in [1.165, 1.54) is 13.0 Å². The summed E-state index contributed by atoms with van der Waals surface area (Å²) in [6.45, 7) is 4.50. The van der Waals surface area contributed by atoms with E-state index in [2.05, 4.69) is 5.32 Å². The Labute approximate surface area is 152 Å². The Hall–Kier alpha value is -2.73. The van der Waals surface area contributed by atoms with Crippen molar-refractivity contribution >= 4 is 23.1 Å². The van der Waals surface area contributed by atoms with E-state index in [0.717, 1.165) is 0 Å². The van der Waals surface area contributed by atoms with Crippen molar-refractivity contribution in [3.8, 4) is 0 Å². The van der Waals surface area contributed by atoms with Crippen molar-refractivity contribution in [2.24, 2.45) is 0 Å². The molecule has 26 heavy (non-hydrogen) atoms. The fourth-order valence-electron chi connectivity index (χ4n) is 3.07. The lowest BCUT2D eigenvalue weighted by Crippen LogP contribution is -2.48. The number of amides is 1. The van der Waals surface area contributed by atoms with Gasteiger partial charge in [0.25, 0.3) is 0 Å². The maximum atomic E-state index is 13.9. The molecule has 1 aliphatic rings. The predicted molar refractivity (Wildman–Crippen MR) is 100 cm³/mol. The van der Waals surface area contributed by atoms with Crippen LogP contribution in [0.1, 0.15) is 17.3 Å². The highest BCUT2D eigenvalue weighted by molar-refractivity contribution is 5.97. The monoisotopic (exact) mass is 355 g/mol. The minimum absolute atomic E-state index is 0.0367. The molecule has 3 rings (SSSR count). The van der Waals surface area contributed by atoms with Crippen LogP contribution >= 0.6 is 0 Å². The highest BCUT2D eigenvalue weighted by Gasteiger charge is 2.20. The average Bonchev–Trinajstić information content (AvgIpc) is 2.63. The van der Waals surface area contributed by atoms with Crippen LogP contribution in [0.5, 0.6) is 0 Å². The molecule has 0 aromatic heterocycles. The molecule has 1 amide bonds. The first-order chi connectivity index (χ1) is 12.5. The van der Waals surface area contributed by atoms with Crippen LogP contribution in [-0.4, -0.2) is 49.3 Å². The van der Waals surface area contributed by atoms with Gasteiger partial charge in [-0.15, -0.1) is 0 Å². The van der Waals surface area contributed by atoms with Crippen LogP contribution in [0, 0.1) is 5.82 Å². The molecule has 1 N–H and O–H groups in total. The lowest BCUT2D eigenvalue weighted by Gasteiger charge is -2.35. The number of para-hydroxylation sites is 1. The molecule has 0 aliphatic carbocycles. The molecule has 6 heteroatoms. The number of anilines is 2. The Morgan fingerprint density at radius 3 is 2.46 bits per heavy atom. The number of ketones is 1. The molecule has 0 atom stereocenters. The second-order valence-corrected chi connectivity index (χ2v) is 6.40. The molecule has 5 nitrogen and oxygen atoms in total. The summed E-state index contributed by atoms with van der Waals surface area (Å²) >= 11 is 0. The number of hydrogen-bond acceptors (Lipinski definition) is 4. The molecule has 0 radical (unpaired) electrons. The van der Waals surface area contributed by atoms with Gasteiger partial charge in [0.15, 0.2) is 5.78 Å². The summed E-state index contributed by atoms with van der Waals surface area (Å²) in [6.07, 6.45) is 0.